The predicted octanol–water partition coefficient (Wildman–Crippen LogP) is 3.02. The van der Waals surface area contributed by atoms with Gasteiger partial charge >= 0.3 is 0 Å². The molecule has 6 heteroatoms. The number of rotatable bonds is 1. The van der Waals surface area contributed by atoms with Crippen LogP contribution in [0.25, 0.3) is 20.2 Å². The van der Waals surface area contributed by atoms with E-state index in [2.05, 4.69) is 9.97 Å². The van der Waals surface area contributed by atoms with E-state index in [4.69, 9.17) is 11.6 Å². The standard InChI is InChI=1S/C11H5ClN2O2S/c12-9-1-5-6-2-13-7(4-15)10(16)11(6)17-8(5)3-14-9/h1-4,16H. The molecule has 0 bridgehead atoms. The molecule has 3 aromatic rings. The zero-order valence-corrected chi connectivity index (χ0v) is 9.92. The van der Waals surface area contributed by atoms with Crippen molar-refractivity contribution in [3.05, 3.63) is 29.3 Å². The fourth-order valence-electron chi connectivity index (χ4n) is 1.70. The van der Waals surface area contributed by atoms with Crippen LogP contribution in [0, 0.1) is 0 Å². The van der Waals surface area contributed by atoms with Gasteiger partial charge in [-0.15, -0.1) is 11.3 Å². The summed E-state index contributed by atoms with van der Waals surface area (Å²) in [6.45, 7) is 0. The third-order valence-corrected chi connectivity index (χ3v) is 3.85. The van der Waals surface area contributed by atoms with Crippen LogP contribution in [0.4, 0.5) is 0 Å². The Morgan fingerprint density at radius 2 is 2.12 bits per heavy atom. The number of carbonyl (C=O) groups is 1. The van der Waals surface area contributed by atoms with Crippen LogP contribution < -0.4 is 0 Å². The van der Waals surface area contributed by atoms with Crippen molar-refractivity contribution < 1.29 is 9.90 Å². The summed E-state index contributed by atoms with van der Waals surface area (Å²) in [5.41, 5.74) is 0.0445. The molecule has 3 aromatic heterocycles. The molecule has 84 valence electrons. The Bertz CT molecular complexity index is 754. The predicted molar refractivity (Wildman–Crippen MR) is 67.0 cm³/mol. The molecular weight excluding hydrogens is 260 g/mol. The zero-order valence-electron chi connectivity index (χ0n) is 8.35. The Labute approximate surface area is 104 Å². The number of nitrogens with zero attached hydrogens (tertiary/aromatic N) is 2. The molecule has 0 unspecified atom stereocenters. The molecule has 1 N–H and O–H groups in total. The molecule has 4 nitrogen and oxygen atoms in total. The lowest BCUT2D eigenvalue weighted by atomic mass is 10.2. The van der Waals surface area contributed by atoms with Gasteiger partial charge in [-0.05, 0) is 6.07 Å². The average Bonchev–Trinajstić information content (AvgIpc) is 2.69. The largest absolute Gasteiger partial charge is 0.504 e. The quantitative estimate of drug-likeness (QED) is 0.542. The molecule has 0 aliphatic rings. The number of fused-ring (bicyclic) bond motifs is 3. The van der Waals surface area contributed by atoms with Crippen molar-refractivity contribution in [2.24, 2.45) is 0 Å². The number of hydrogen-bond donors (Lipinski definition) is 1. The van der Waals surface area contributed by atoms with Gasteiger partial charge in [0.25, 0.3) is 0 Å². The Morgan fingerprint density at radius 1 is 1.29 bits per heavy atom. The second-order valence-electron chi connectivity index (χ2n) is 3.46. The molecule has 0 radical (unpaired) electrons. The summed E-state index contributed by atoms with van der Waals surface area (Å²) in [4.78, 5) is 18.6. The van der Waals surface area contributed by atoms with Gasteiger partial charge in [0.2, 0.25) is 0 Å². The van der Waals surface area contributed by atoms with Crippen LogP contribution in [-0.4, -0.2) is 21.4 Å². The smallest absolute Gasteiger partial charge is 0.172 e. The lowest BCUT2D eigenvalue weighted by Crippen LogP contribution is -1.86. The molecule has 0 aliphatic carbocycles. The van der Waals surface area contributed by atoms with E-state index in [1.54, 1.807) is 18.5 Å². The van der Waals surface area contributed by atoms with Crippen LogP contribution >= 0.6 is 22.9 Å². The molecular formula is C11H5ClN2O2S. The third kappa shape index (κ3) is 1.47. The van der Waals surface area contributed by atoms with Crippen molar-refractivity contribution in [2.75, 3.05) is 0 Å². The van der Waals surface area contributed by atoms with Crippen molar-refractivity contribution in [3.63, 3.8) is 0 Å². The summed E-state index contributed by atoms with van der Waals surface area (Å²) < 4.78 is 1.52. The van der Waals surface area contributed by atoms with Crippen molar-refractivity contribution >= 4 is 49.4 Å². The van der Waals surface area contributed by atoms with Gasteiger partial charge in [-0.1, -0.05) is 11.6 Å². The first kappa shape index (κ1) is 10.4. The highest BCUT2D eigenvalue weighted by atomic mass is 35.5. The maximum atomic E-state index is 10.7. The molecule has 0 fully saturated rings. The van der Waals surface area contributed by atoms with Gasteiger partial charge in [-0.3, -0.25) is 4.79 Å². The molecule has 0 amide bonds. The maximum Gasteiger partial charge on any atom is 0.172 e. The SMILES string of the molecule is O=Cc1ncc2c(sc3cnc(Cl)cc32)c1O. The van der Waals surface area contributed by atoms with Gasteiger partial charge in [0.1, 0.15) is 10.8 Å². The molecule has 0 atom stereocenters. The summed E-state index contributed by atoms with van der Waals surface area (Å²) >= 11 is 7.19. The minimum absolute atomic E-state index is 0.0445. The van der Waals surface area contributed by atoms with Gasteiger partial charge in [-0.25, -0.2) is 9.97 Å². The third-order valence-electron chi connectivity index (χ3n) is 2.48. The first-order valence-corrected chi connectivity index (χ1v) is 5.91. The van der Waals surface area contributed by atoms with Crippen LogP contribution in [0.3, 0.4) is 0 Å². The molecule has 0 aromatic carbocycles. The van der Waals surface area contributed by atoms with E-state index < -0.39 is 0 Å². The summed E-state index contributed by atoms with van der Waals surface area (Å²) in [6.07, 6.45) is 3.74. The lowest BCUT2D eigenvalue weighted by Gasteiger charge is -1.97. The minimum Gasteiger partial charge on any atom is -0.504 e. The van der Waals surface area contributed by atoms with Gasteiger partial charge < -0.3 is 5.11 Å². The first-order chi connectivity index (χ1) is 8.20. The van der Waals surface area contributed by atoms with E-state index in [-0.39, 0.29) is 11.4 Å². The second kappa shape index (κ2) is 3.65. The summed E-state index contributed by atoms with van der Waals surface area (Å²) in [5, 5.41) is 11.9. The minimum atomic E-state index is -0.0881. The molecule has 0 saturated carbocycles. The normalized spacial score (nSPS) is 11.1. The Hall–Kier alpha value is -1.72. The summed E-state index contributed by atoms with van der Waals surface area (Å²) in [5.74, 6) is -0.0881. The van der Waals surface area contributed by atoms with Crippen molar-refractivity contribution in [2.45, 2.75) is 0 Å². The summed E-state index contributed by atoms with van der Waals surface area (Å²) in [6, 6.07) is 1.72. The molecule has 3 rings (SSSR count). The molecule has 3 heterocycles. The number of aromatic hydroxyl groups is 1. The lowest BCUT2D eigenvalue weighted by molar-refractivity contribution is 0.111. The van der Waals surface area contributed by atoms with E-state index in [0.29, 0.717) is 16.1 Å². The topological polar surface area (TPSA) is 63.1 Å². The maximum absolute atomic E-state index is 10.7. The van der Waals surface area contributed by atoms with Gasteiger partial charge in [-0.2, -0.15) is 0 Å². The Kier molecular flexibility index (Phi) is 2.24. The van der Waals surface area contributed by atoms with E-state index in [0.717, 1.165) is 15.5 Å². The highest BCUT2D eigenvalue weighted by Gasteiger charge is 2.13. The monoisotopic (exact) mass is 264 g/mol. The van der Waals surface area contributed by atoms with E-state index in [9.17, 15) is 9.90 Å². The van der Waals surface area contributed by atoms with Crippen LogP contribution in [0.2, 0.25) is 5.15 Å². The van der Waals surface area contributed by atoms with Crippen LogP contribution in [0.1, 0.15) is 10.5 Å². The van der Waals surface area contributed by atoms with Crippen molar-refractivity contribution in [3.8, 4) is 5.75 Å². The number of aldehydes is 1. The van der Waals surface area contributed by atoms with Crippen LogP contribution in [-0.2, 0) is 0 Å². The number of pyridine rings is 2. The molecule has 0 aliphatic heterocycles. The van der Waals surface area contributed by atoms with Gasteiger partial charge in [0.15, 0.2) is 12.0 Å². The van der Waals surface area contributed by atoms with Crippen molar-refractivity contribution in [1.29, 1.82) is 0 Å². The van der Waals surface area contributed by atoms with Gasteiger partial charge in [0, 0.05) is 23.2 Å². The van der Waals surface area contributed by atoms with E-state index in [1.807, 2.05) is 0 Å². The first-order valence-electron chi connectivity index (χ1n) is 4.71. The molecule has 0 saturated heterocycles. The molecule has 17 heavy (non-hydrogen) atoms. The highest BCUT2D eigenvalue weighted by Crippen LogP contribution is 2.39. The number of aromatic nitrogens is 2. The number of thiophene rings is 1. The number of carbonyl (C=O) groups excluding carboxylic acids is 1. The average molecular weight is 265 g/mol. The molecule has 0 spiro atoms. The van der Waals surface area contributed by atoms with Crippen molar-refractivity contribution in [1.82, 2.24) is 9.97 Å². The fraction of sp³-hybridized carbons (Fsp3) is 0. The van der Waals surface area contributed by atoms with E-state index >= 15 is 0 Å². The van der Waals surface area contributed by atoms with Crippen LogP contribution in [0.5, 0.6) is 5.75 Å². The Balaban J connectivity index is 2.51. The number of halogens is 1. The highest BCUT2D eigenvalue weighted by molar-refractivity contribution is 7.26. The van der Waals surface area contributed by atoms with E-state index in [1.165, 1.54) is 11.3 Å². The van der Waals surface area contributed by atoms with Crippen LogP contribution in [0.15, 0.2) is 18.5 Å². The summed E-state index contributed by atoms with van der Waals surface area (Å²) in [7, 11) is 0. The zero-order chi connectivity index (χ0) is 12.0. The second-order valence-corrected chi connectivity index (χ2v) is 4.90. The van der Waals surface area contributed by atoms with Gasteiger partial charge in [0.05, 0.1) is 9.40 Å². The number of hydrogen-bond acceptors (Lipinski definition) is 5. The fourth-order valence-corrected chi connectivity index (χ4v) is 2.93. The Morgan fingerprint density at radius 3 is 2.88 bits per heavy atom.